The van der Waals surface area contributed by atoms with Crippen molar-refractivity contribution in [3.8, 4) is 0 Å². The Labute approximate surface area is 126 Å². The van der Waals surface area contributed by atoms with E-state index in [1.54, 1.807) is 6.07 Å². The van der Waals surface area contributed by atoms with Crippen LogP contribution in [-0.4, -0.2) is 37.5 Å². The van der Waals surface area contributed by atoms with Crippen molar-refractivity contribution < 1.29 is 17.9 Å². The molecule has 2 heterocycles. The normalized spacial score (nSPS) is 13.0. The summed E-state index contributed by atoms with van der Waals surface area (Å²) in [7, 11) is -2.55. The molecule has 0 aliphatic rings. The van der Waals surface area contributed by atoms with E-state index >= 15 is 0 Å². The van der Waals surface area contributed by atoms with E-state index in [0.29, 0.717) is 5.69 Å². The van der Waals surface area contributed by atoms with Crippen LogP contribution in [0.5, 0.6) is 0 Å². The van der Waals surface area contributed by atoms with Gasteiger partial charge in [-0.15, -0.1) is 11.3 Å². The van der Waals surface area contributed by atoms with Crippen molar-refractivity contribution in [2.24, 2.45) is 0 Å². The first kappa shape index (κ1) is 15.7. The largest absolute Gasteiger partial charge is 0.468 e. The van der Waals surface area contributed by atoms with Crippen LogP contribution >= 0.6 is 11.3 Å². The minimum absolute atomic E-state index is 0.135. The Morgan fingerprint density at radius 2 is 2.29 bits per heavy atom. The van der Waals surface area contributed by atoms with Gasteiger partial charge in [-0.3, -0.25) is 4.79 Å². The molecule has 21 heavy (non-hydrogen) atoms. The number of hydrogen-bond donors (Lipinski definition) is 2. The molecule has 2 aromatic rings. The molecule has 7 nitrogen and oxygen atoms in total. The van der Waals surface area contributed by atoms with Gasteiger partial charge in [0.25, 0.3) is 10.0 Å². The molecule has 2 N–H and O–H groups in total. The maximum absolute atomic E-state index is 12.3. The molecule has 9 heteroatoms. The molecule has 0 aliphatic carbocycles. The van der Waals surface area contributed by atoms with Crippen LogP contribution in [0.1, 0.15) is 10.6 Å². The number of nitrogens with one attached hydrogen (secondary N) is 2. The second kappa shape index (κ2) is 6.37. The summed E-state index contributed by atoms with van der Waals surface area (Å²) >= 11 is 1.14. The minimum Gasteiger partial charge on any atom is -0.468 e. The monoisotopic (exact) mass is 329 g/mol. The van der Waals surface area contributed by atoms with E-state index < -0.39 is 22.0 Å². The number of hydrogen-bond acceptors (Lipinski definition) is 6. The van der Waals surface area contributed by atoms with Gasteiger partial charge in [0.1, 0.15) is 10.3 Å². The number of aryl methyl sites for hydroxylation is 1. The molecule has 2 rings (SSSR count). The van der Waals surface area contributed by atoms with E-state index in [1.165, 1.54) is 25.7 Å². The Balaban J connectivity index is 2.20. The Hall–Kier alpha value is -1.71. The van der Waals surface area contributed by atoms with E-state index in [-0.39, 0.29) is 10.6 Å². The maximum Gasteiger partial charge on any atom is 0.324 e. The van der Waals surface area contributed by atoms with Gasteiger partial charge >= 0.3 is 5.97 Å². The predicted molar refractivity (Wildman–Crippen MR) is 77.5 cm³/mol. The highest BCUT2D eigenvalue weighted by Gasteiger charge is 2.27. The molecule has 0 saturated heterocycles. The van der Waals surface area contributed by atoms with Crippen molar-refractivity contribution >= 4 is 27.3 Å². The molecule has 0 unspecified atom stereocenters. The summed E-state index contributed by atoms with van der Waals surface area (Å²) < 4.78 is 31.7. The van der Waals surface area contributed by atoms with Crippen LogP contribution in [0.2, 0.25) is 0 Å². The van der Waals surface area contributed by atoms with E-state index in [1.807, 2.05) is 6.92 Å². The van der Waals surface area contributed by atoms with Crippen LogP contribution in [-0.2, 0) is 26.0 Å². The lowest BCUT2D eigenvalue weighted by Gasteiger charge is -2.15. The maximum atomic E-state index is 12.3. The highest BCUT2D eigenvalue weighted by atomic mass is 32.2. The zero-order valence-corrected chi connectivity index (χ0v) is 13.1. The van der Waals surface area contributed by atoms with Crippen LogP contribution in [0.3, 0.4) is 0 Å². The summed E-state index contributed by atoms with van der Waals surface area (Å²) in [5.74, 6) is -0.651. The summed E-state index contributed by atoms with van der Waals surface area (Å²) in [6.07, 6.45) is 3.12. The van der Waals surface area contributed by atoms with Gasteiger partial charge in [-0.25, -0.2) is 13.4 Å². The van der Waals surface area contributed by atoms with Gasteiger partial charge in [0.15, 0.2) is 0 Å². The van der Waals surface area contributed by atoms with Crippen LogP contribution in [0.4, 0.5) is 0 Å². The lowest BCUT2D eigenvalue weighted by molar-refractivity contribution is -0.142. The van der Waals surface area contributed by atoms with Crippen molar-refractivity contribution in [2.45, 2.75) is 23.6 Å². The van der Waals surface area contributed by atoms with Gasteiger partial charge in [0.2, 0.25) is 0 Å². The number of H-pyrrole nitrogens is 1. The Morgan fingerprint density at radius 3 is 2.81 bits per heavy atom. The van der Waals surface area contributed by atoms with Crippen molar-refractivity contribution in [3.05, 3.63) is 35.2 Å². The number of esters is 1. The summed E-state index contributed by atoms with van der Waals surface area (Å²) in [6.45, 7) is 1.81. The number of nitrogens with zero attached hydrogens (tertiary/aromatic N) is 1. The highest BCUT2D eigenvalue weighted by Crippen LogP contribution is 2.21. The number of rotatable bonds is 6. The molecular formula is C12H15N3O4S2. The molecular weight excluding hydrogens is 314 g/mol. The molecule has 0 aromatic carbocycles. The first-order chi connectivity index (χ1) is 9.92. The molecule has 1 atom stereocenters. The van der Waals surface area contributed by atoms with Crippen molar-refractivity contribution in [1.82, 2.24) is 14.7 Å². The zero-order chi connectivity index (χ0) is 15.5. The SMILES string of the molecule is COC(=O)[C@H](Cc1cnc[nH]1)NS(=O)(=O)c1ccc(C)s1. The van der Waals surface area contributed by atoms with Crippen LogP contribution in [0, 0.1) is 6.92 Å². The number of thiophene rings is 1. The van der Waals surface area contributed by atoms with Gasteiger partial charge in [-0.1, -0.05) is 0 Å². The molecule has 0 saturated carbocycles. The predicted octanol–water partition coefficient (Wildman–Crippen LogP) is 0.842. The van der Waals surface area contributed by atoms with Crippen molar-refractivity contribution in [3.63, 3.8) is 0 Å². The smallest absolute Gasteiger partial charge is 0.324 e. The molecule has 0 amide bonds. The number of carbonyl (C=O) groups excluding carboxylic acids is 1. The third-order valence-electron chi connectivity index (χ3n) is 2.74. The van der Waals surface area contributed by atoms with Gasteiger partial charge in [-0.05, 0) is 19.1 Å². The van der Waals surface area contributed by atoms with Crippen LogP contribution in [0.15, 0.2) is 28.9 Å². The molecule has 114 valence electrons. The fraction of sp³-hybridized carbons (Fsp3) is 0.333. The van der Waals surface area contributed by atoms with E-state index in [9.17, 15) is 13.2 Å². The van der Waals surface area contributed by atoms with Crippen molar-refractivity contribution in [1.29, 1.82) is 0 Å². The third kappa shape index (κ3) is 3.90. The van der Waals surface area contributed by atoms with Gasteiger partial charge in [0, 0.05) is 23.2 Å². The Kier molecular flexibility index (Phi) is 4.76. The summed E-state index contributed by atoms with van der Waals surface area (Å²) in [5, 5.41) is 0. The summed E-state index contributed by atoms with van der Waals surface area (Å²) in [4.78, 5) is 19.3. The number of sulfonamides is 1. The second-order valence-corrected chi connectivity index (χ2v) is 7.57. The Bertz CT molecular complexity index is 707. The number of ether oxygens (including phenoxy) is 1. The minimum atomic E-state index is -3.76. The quantitative estimate of drug-likeness (QED) is 0.765. The first-order valence-corrected chi connectivity index (χ1v) is 8.36. The first-order valence-electron chi connectivity index (χ1n) is 6.06. The fourth-order valence-corrected chi connectivity index (χ4v) is 4.22. The van der Waals surface area contributed by atoms with E-state index in [2.05, 4.69) is 19.4 Å². The molecule has 0 bridgehead atoms. The third-order valence-corrected chi connectivity index (χ3v) is 5.71. The number of aromatic amines is 1. The molecule has 2 aromatic heterocycles. The van der Waals surface area contributed by atoms with E-state index in [4.69, 9.17) is 0 Å². The second-order valence-electron chi connectivity index (χ2n) is 4.34. The molecule has 0 fully saturated rings. The summed E-state index contributed by atoms with van der Waals surface area (Å²) in [6, 6.07) is 2.21. The van der Waals surface area contributed by atoms with Gasteiger partial charge in [0.05, 0.1) is 13.4 Å². The zero-order valence-electron chi connectivity index (χ0n) is 11.5. The Morgan fingerprint density at radius 1 is 1.52 bits per heavy atom. The number of imidazole rings is 1. The average molecular weight is 329 g/mol. The van der Waals surface area contributed by atoms with Crippen LogP contribution < -0.4 is 4.72 Å². The average Bonchev–Trinajstić information content (AvgIpc) is 3.08. The summed E-state index contributed by atoms with van der Waals surface area (Å²) in [5.41, 5.74) is 0.635. The number of aromatic nitrogens is 2. The molecule has 0 aliphatic heterocycles. The fourth-order valence-electron chi connectivity index (χ4n) is 1.73. The van der Waals surface area contributed by atoms with Gasteiger partial charge in [-0.2, -0.15) is 4.72 Å². The van der Waals surface area contributed by atoms with Gasteiger partial charge < -0.3 is 9.72 Å². The van der Waals surface area contributed by atoms with Crippen LogP contribution in [0.25, 0.3) is 0 Å². The number of carbonyl (C=O) groups is 1. The highest BCUT2D eigenvalue weighted by molar-refractivity contribution is 7.91. The topological polar surface area (TPSA) is 101 Å². The molecule has 0 radical (unpaired) electrons. The lowest BCUT2D eigenvalue weighted by atomic mass is 10.2. The lowest BCUT2D eigenvalue weighted by Crippen LogP contribution is -2.42. The standard InChI is InChI=1S/C12H15N3O4S2/c1-8-3-4-11(20-8)21(17,18)15-10(12(16)19-2)5-9-6-13-7-14-9/h3-4,6-7,10,15H,5H2,1-2H3,(H,13,14)/t10-/m0/s1. The molecule has 0 spiro atoms. The van der Waals surface area contributed by atoms with E-state index in [0.717, 1.165) is 16.2 Å². The number of methoxy groups -OCH3 is 1. The van der Waals surface area contributed by atoms with Crippen molar-refractivity contribution in [2.75, 3.05) is 7.11 Å².